The van der Waals surface area contributed by atoms with Gasteiger partial charge < -0.3 is 9.47 Å². The second-order valence-corrected chi connectivity index (χ2v) is 4.90. The van der Waals surface area contributed by atoms with Crippen LogP contribution in [0, 0.1) is 0 Å². The summed E-state index contributed by atoms with van der Waals surface area (Å²) < 4.78 is 11.1. The quantitative estimate of drug-likeness (QED) is 0.475. The van der Waals surface area contributed by atoms with E-state index in [0.29, 0.717) is 12.2 Å². The number of hydrogen-bond acceptors (Lipinski definition) is 3. The first-order valence-corrected chi connectivity index (χ1v) is 7.61. The van der Waals surface area contributed by atoms with Crippen LogP contribution in [0.1, 0.15) is 56.3 Å². The highest BCUT2D eigenvalue weighted by Crippen LogP contribution is 2.08. The first-order chi connectivity index (χ1) is 9.77. The Morgan fingerprint density at radius 2 is 1.85 bits per heavy atom. The highest BCUT2D eigenvalue weighted by atomic mass is 16.5. The second kappa shape index (κ2) is 10.4. The van der Waals surface area contributed by atoms with Crippen LogP contribution in [0.15, 0.2) is 30.3 Å². The van der Waals surface area contributed by atoms with Crippen molar-refractivity contribution in [2.75, 3.05) is 13.2 Å². The molecule has 0 aliphatic rings. The number of unbranched alkanes of at least 4 members (excludes halogenated alkanes) is 2. The predicted molar refractivity (Wildman–Crippen MR) is 80.9 cm³/mol. The van der Waals surface area contributed by atoms with Crippen molar-refractivity contribution < 1.29 is 14.3 Å². The van der Waals surface area contributed by atoms with Crippen molar-refractivity contribution in [2.24, 2.45) is 0 Å². The summed E-state index contributed by atoms with van der Waals surface area (Å²) in [6, 6.07) is 9.08. The molecule has 0 aliphatic heterocycles. The fourth-order valence-electron chi connectivity index (χ4n) is 1.95. The number of benzene rings is 1. The number of carbonyl (C=O) groups excluding carboxylic acids is 1. The molecule has 0 saturated heterocycles. The number of esters is 1. The summed E-state index contributed by atoms with van der Waals surface area (Å²) in [6.45, 7) is 5.50. The van der Waals surface area contributed by atoms with Crippen LogP contribution >= 0.6 is 0 Å². The molecule has 1 aromatic rings. The maximum atomic E-state index is 11.8. The minimum absolute atomic E-state index is 0.190. The van der Waals surface area contributed by atoms with Crippen LogP contribution in [0.2, 0.25) is 0 Å². The maximum absolute atomic E-state index is 11.8. The number of carbonyl (C=O) groups is 1. The van der Waals surface area contributed by atoms with Gasteiger partial charge in [-0.3, -0.25) is 0 Å². The Hall–Kier alpha value is -1.35. The molecule has 0 fully saturated rings. The fraction of sp³-hybridized carbons (Fsp3) is 0.588. The van der Waals surface area contributed by atoms with Crippen LogP contribution in [0.5, 0.6) is 0 Å². The van der Waals surface area contributed by atoms with E-state index >= 15 is 0 Å². The summed E-state index contributed by atoms with van der Waals surface area (Å²) in [7, 11) is 0. The summed E-state index contributed by atoms with van der Waals surface area (Å²) >= 11 is 0. The lowest BCUT2D eigenvalue weighted by atomic mass is 10.2. The minimum Gasteiger partial charge on any atom is -0.462 e. The average Bonchev–Trinajstić information content (AvgIpc) is 2.50. The van der Waals surface area contributed by atoms with E-state index in [-0.39, 0.29) is 12.1 Å². The Balaban J connectivity index is 2.19. The van der Waals surface area contributed by atoms with Crippen molar-refractivity contribution in [3.05, 3.63) is 35.9 Å². The van der Waals surface area contributed by atoms with E-state index in [1.54, 1.807) is 12.1 Å². The zero-order valence-corrected chi connectivity index (χ0v) is 12.6. The number of hydrogen-bond donors (Lipinski definition) is 0. The van der Waals surface area contributed by atoms with Crippen molar-refractivity contribution in [3.63, 3.8) is 0 Å². The predicted octanol–water partition coefficient (Wildman–Crippen LogP) is 4.22. The van der Waals surface area contributed by atoms with Crippen LogP contribution < -0.4 is 0 Å². The van der Waals surface area contributed by atoms with Gasteiger partial charge in [-0.15, -0.1) is 0 Å². The Kier molecular flexibility index (Phi) is 8.72. The van der Waals surface area contributed by atoms with Crippen molar-refractivity contribution in [1.29, 1.82) is 0 Å². The Morgan fingerprint density at radius 3 is 2.50 bits per heavy atom. The molecule has 0 amide bonds. The number of ether oxygens (including phenoxy) is 2. The topological polar surface area (TPSA) is 35.5 Å². The summed E-state index contributed by atoms with van der Waals surface area (Å²) in [5.41, 5.74) is 0.601. The van der Waals surface area contributed by atoms with Gasteiger partial charge in [0.1, 0.15) is 0 Å². The summed E-state index contributed by atoms with van der Waals surface area (Å²) in [6.07, 6.45) is 5.43. The highest BCUT2D eigenvalue weighted by Gasteiger charge is 2.10. The molecule has 0 radical (unpaired) electrons. The van der Waals surface area contributed by atoms with Gasteiger partial charge in [-0.1, -0.05) is 44.9 Å². The number of rotatable bonds is 10. The molecule has 0 heterocycles. The molecule has 3 heteroatoms. The molecule has 0 N–H and O–H groups in total. The second-order valence-electron chi connectivity index (χ2n) is 4.90. The van der Waals surface area contributed by atoms with E-state index in [1.165, 1.54) is 12.8 Å². The fourth-order valence-corrected chi connectivity index (χ4v) is 1.95. The molecule has 0 spiro atoms. The average molecular weight is 278 g/mol. The van der Waals surface area contributed by atoms with Crippen LogP contribution in [0.4, 0.5) is 0 Å². The standard InChI is InChI=1S/C17H26O3/c1-3-5-9-13-19-16(4-2)12-14-20-17(18)15-10-7-6-8-11-15/h6-8,10-11,16H,3-5,9,12-14H2,1-2H3. The van der Waals surface area contributed by atoms with Crippen molar-refractivity contribution >= 4 is 5.97 Å². The molecule has 1 atom stereocenters. The van der Waals surface area contributed by atoms with Crippen LogP contribution in [-0.2, 0) is 9.47 Å². The largest absolute Gasteiger partial charge is 0.462 e. The first kappa shape index (κ1) is 16.7. The van der Waals surface area contributed by atoms with Crippen LogP contribution in [0.25, 0.3) is 0 Å². The molecule has 1 unspecified atom stereocenters. The monoisotopic (exact) mass is 278 g/mol. The molecule has 0 aromatic heterocycles. The molecule has 0 bridgehead atoms. The lowest BCUT2D eigenvalue weighted by Gasteiger charge is -2.16. The molecular weight excluding hydrogens is 252 g/mol. The van der Waals surface area contributed by atoms with Gasteiger partial charge in [0.2, 0.25) is 0 Å². The van der Waals surface area contributed by atoms with E-state index in [2.05, 4.69) is 13.8 Å². The molecule has 20 heavy (non-hydrogen) atoms. The third kappa shape index (κ3) is 6.71. The van der Waals surface area contributed by atoms with Gasteiger partial charge in [0.15, 0.2) is 0 Å². The van der Waals surface area contributed by atoms with Crippen LogP contribution in [-0.4, -0.2) is 25.3 Å². The lowest BCUT2D eigenvalue weighted by molar-refractivity contribution is 0.0173. The van der Waals surface area contributed by atoms with Crippen LogP contribution in [0.3, 0.4) is 0 Å². The molecule has 1 rings (SSSR count). The SMILES string of the molecule is CCCCCOC(CC)CCOC(=O)c1ccccc1. The van der Waals surface area contributed by atoms with Gasteiger partial charge in [0.05, 0.1) is 18.3 Å². The minimum atomic E-state index is -0.258. The van der Waals surface area contributed by atoms with Gasteiger partial charge in [-0.05, 0) is 25.0 Å². The molecule has 112 valence electrons. The zero-order valence-electron chi connectivity index (χ0n) is 12.6. The summed E-state index contributed by atoms with van der Waals surface area (Å²) in [4.78, 5) is 11.8. The third-order valence-electron chi connectivity index (χ3n) is 3.24. The maximum Gasteiger partial charge on any atom is 0.338 e. The van der Waals surface area contributed by atoms with E-state index in [1.807, 2.05) is 18.2 Å². The van der Waals surface area contributed by atoms with E-state index < -0.39 is 0 Å². The zero-order chi connectivity index (χ0) is 14.6. The summed E-state index contributed by atoms with van der Waals surface area (Å²) in [5.74, 6) is -0.258. The van der Waals surface area contributed by atoms with Gasteiger partial charge in [0, 0.05) is 13.0 Å². The van der Waals surface area contributed by atoms with Gasteiger partial charge in [-0.25, -0.2) is 4.79 Å². The lowest BCUT2D eigenvalue weighted by Crippen LogP contribution is -2.17. The van der Waals surface area contributed by atoms with Crippen molar-refractivity contribution in [1.82, 2.24) is 0 Å². The molecule has 0 aliphatic carbocycles. The Bertz CT molecular complexity index is 362. The molecule has 0 saturated carbocycles. The Morgan fingerprint density at radius 1 is 1.10 bits per heavy atom. The van der Waals surface area contributed by atoms with E-state index in [0.717, 1.165) is 25.9 Å². The van der Waals surface area contributed by atoms with Gasteiger partial charge in [0.25, 0.3) is 0 Å². The smallest absolute Gasteiger partial charge is 0.338 e. The Labute approximate surface area is 122 Å². The van der Waals surface area contributed by atoms with Gasteiger partial charge >= 0.3 is 5.97 Å². The normalized spacial score (nSPS) is 12.1. The first-order valence-electron chi connectivity index (χ1n) is 7.61. The van der Waals surface area contributed by atoms with Gasteiger partial charge in [-0.2, -0.15) is 0 Å². The highest BCUT2D eigenvalue weighted by molar-refractivity contribution is 5.89. The van der Waals surface area contributed by atoms with E-state index in [4.69, 9.17) is 9.47 Å². The van der Waals surface area contributed by atoms with E-state index in [9.17, 15) is 4.79 Å². The molecule has 3 nitrogen and oxygen atoms in total. The third-order valence-corrected chi connectivity index (χ3v) is 3.24. The van der Waals surface area contributed by atoms with Crippen molar-refractivity contribution in [3.8, 4) is 0 Å². The summed E-state index contributed by atoms with van der Waals surface area (Å²) in [5, 5.41) is 0. The van der Waals surface area contributed by atoms with Crippen molar-refractivity contribution in [2.45, 2.75) is 52.1 Å². The molecule has 1 aromatic carbocycles. The molecular formula is C17H26O3.